The maximum atomic E-state index is 5.67. The van der Waals surface area contributed by atoms with Gasteiger partial charge in [-0.15, -0.1) is 0 Å². The predicted molar refractivity (Wildman–Crippen MR) is 50.0 cm³/mol. The van der Waals surface area contributed by atoms with Crippen molar-refractivity contribution in [3.63, 3.8) is 0 Å². The fourth-order valence-corrected chi connectivity index (χ4v) is 3.11. The van der Waals surface area contributed by atoms with Crippen LogP contribution in [-0.2, 0) is 0 Å². The summed E-state index contributed by atoms with van der Waals surface area (Å²) >= 11 is 0.549. The van der Waals surface area contributed by atoms with Crippen LogP contribution in [0, 0.1) is 6.92 Å². The van der Waals surface area contributed by atoms with Gasteiger partial charge in [-0.2, -0.15) is 0 Å². The number of nitrogens with two attached hydrogens (primary N) is 1. The van der Waals surface area contributed by atoms with E-state index in [9.17, 15) is 0 Å². The van der Waals surface area contributed by atoms with Crippen LogP contribution >= 0.6 is 0 Å². The second-order valence-corrected chi connectivity index (χ2v) is 4.59. The minimum absolute atomic E-state index is 0.549. The molecule has 0 amide bonds. The molecular formula is C9H9NSe. The molecular weight excluding hydrogens is 201 g/mol. The standard InChI is InChI=1S/C9H9NSe/c1-6-5-11-9-3-2-7(10)4-8(6)9/h2-5H,10H2,1H3. The first-order valence-electron chi connectivity index (χ1n) is 3.51. The monoisotopic (exact) mass is 211 g/mol. The molecule has 11 heavy (non-hydrogen) atoms. The first-order chi connectivity index (χ1) is 5.27. The summed E-state index contributed by atoms with van der Waals surface area (Å²) in [5, 5.41) is 1.35. The molecule has 1 nitrogen and oxygen atoms in total. The number of rotatable bonds is 0. The van der Waals surface area contributed by atoms with Crippen molar-refractivity contribution in [2.45, 2.75) is 6.92 Å². The van der Waals surface area contributed by atoms with Crippen molar-refractivity contribution in [2.75, 3.05) is 5.73 Å². The Morgan fingerprint density at radius 1 is 1.36 bits per heavy atom. The molecule has 0 aliphatic heterocycles. The van der Waals surface area contributed by atoms with E-state index >= 15 is 0 Å². The molecule has 0 spiro atoms. The zero-order valence-electron chi connectivity index (χ0n) is 6.29. The second-order valence-electron chi connectivity index (χ2n) is 2.67. The molecule has 0 fully saturated rings. The van der Waals surface area contributed by atoms with Crippen molar-refractivity contribution in [2.24, 2.45) is 0 Å². The van der Waals surface area contributed by atoms with Gasteiger partial charge in [0.15, 0.2) is 0 Å². The van der Waals surface area contributed by atoms with Crippen LogP contribution < -0.4 is 5.73 Å². The molecule has 1 aromatic heterocycles. The van der Waals surface area contributed by atoms with Gasteiger partial charge >= 0.3 is 71.2 Å². The van der Waals surface area contributed by atoms with Crippen LogP contribution in [0.1, 0.15) is 5.56 Å². The van der Waals surface area contributed by atoms with Crippen LogP contribution in [-0.4, -0.2) is 14.5 Å². The average Bonchev–Trinajstić information content (AvgIpc) is 2.33. The molecule has 1 aromatic carbocycles. The Morgan fingerprint density at radius 2 is 2.18 bits per heavy atom. The Hall–Kier alpha value is -0.721. The van der Waals surface area contributed by atoms with Crippen LogP contribution in [0.3, 0.4) is 0 Å². The molecule has 0 atom stereocenters. The second kappa shape index (κ2) is 2.40. The van der Waals surface area contributed by atoms with Gasteiger partial charge in [-0.3, -0.25) is 0 Å². The molecule has 56 valence electrons. The van der Waals surface area contributed by atoms with E-state index in [-0.39, 0.29) is 0 Å². The predicted octanol–water partition coefficient (Wildman–Crippen LogP) is 1.79. The molecule has 0 saturated carbocycles. The Bertz CT molecular complexity index is 389. The van der Waals surface area contributed by atoms with Gasteiger partial charge in [0, 0.05) is 0 Å². The number of fused-ring (bicyclic) bond motifs is 1. The van der Waals surface area contributed by atoms with E-state index in [4.69, 9.17) is 5.73 Å². The third-order valence-electron chi connectivity index (χ3n) is 1.79. The van der Waals surface area contributed by atoms with Crippen molar-refractivity contribution < 1.29 is 0 Å². The van der Waals surface area contributed by atoms with Crippen molar-refractivity contribution in [3.05, 3.63) is 28.7 Å². The van der Waals surface area contributed by atoms with E-state index in [0.717, 1.165) is 5.69 Å². The van der Waals surface area contributed by atoms with Gasteiger partial charge in [0.25, 0.3) is 0 Å². The number of aryl methyl sites for hydroxylation is 1. The van der Waals surface area contributed by atoms with Gasteiger partial charge in [-0.05, 0) is 0 Å². The van der Waals surface area contributed by atoms with E-state index < -0.39 is 0 Å². The molecule has 2 aromatic rings. The number of anilines is 1. The van der Waals surface area contributed by atoms with E-state index in [1.807, 2.05) is 6.07 Å². The van der Waals surface area contributed by atoms with Crippen molar-refractivity contribution in [1.82, 2.24) is 0 Å². The van der Waals surface area contributed by atoms with Crippen LogP contribution in [0.25, 0.3) is 9.65 Å². The quantitative estimate of drug-likeness (QED) is 0.520. The van der Waals surface area contributed by atoms with E-state index in [1.54, 1.807) is 0 Å². The van der Waals surface area contributed by atoms with Crippen molar-refractivity contribution >= 4 is 29.8 Å². The van der Waals surface area contributed by atoms with Gasteiger partial charge in [0.1, 0.15) is 0 Å². The Balaban J connectivity index is 2.87. The summed E-state index contributed by atoms with van der Waals surface area (Å²) in [5.41, 5.74) is 7.92. The van der Waals surface area contributed by atoms with Gasteiger partial charge in [-0.1, -0.05) is 0 Å². The molecule has 0 aliphatic rings. The van der Waals surface area contributed by atoms with Crippen LogP contribution in [0.4, 0.5) is 5.69 Å². The summed E-state index contributed by atoms with van der Waals surface area (Å²) in [7, 11) is 0. The summed E-state index contributed by atoms with van der Waals surface area (Å²) in [5.74, 6) is 0. The topological polar surface area (TPSA) is 26.0 Å². The number of nitrogen functional groups attached to an aromatic ring is 1. The fraction of sp³-hybridized carbons (Fsp3) is 0.111. The van der Waals surface area contributed by atoms with Crippen LogP contribution in [0.5, 0.6) is 0 Å². The molecule has 0 saturated heterocycles. The summed E-state index contributed by atoms with van der Waals surface area (Å²) in [4.78, 5) is 2.30. The molecule has 0 aliphatic carbocycles. The Labute approximate surface area is 71.6 Å². The van der Waals surface area contributed by atoms with Gasteiger partial charge in [-0.25, -0.2) is 0 Å². The first kappa shape index (κ1) is 6.96. The minimum atomic E-state index is 0.549. The molecule has 0 unspecified atom stereocenters. The van der Waals surface area contributed by atoms with Crippen molar-refractivity contribution in [1.29, 1.82) is 0 Å². The average molecular weight is 210 g/mol. The molecule has 1 heterocycles. The van der Waals surface area contributed by atoms with Crippen LogP contribution in [0.2, 0.25) is 0 Å². The van der Waals surface area contributed by atoms with Crippen LogP contribution in [0.15, 0.2) is 23.1 Å². The van der Waals surface area contributed by atoms with Gasteiger partial charge < -0.3 is 0 Å². The number of benzene rings is 1. The summed E-state index contributed by atoms with van der Waals surface area (Å²) in [6, 6.07) is 6.18. The van der Waals surface area contributed by atoms with E-state index in [1.165, 1.54) is 15.2 Å². The molecule has 0 radical (unpaired) electrons. The number of hydrogen-bond acceptors (Lipinski definition) is 1. The summed E-state index contributed by atoms with van der Waals surface area (Å²) < 4.78 is 1.46. The SMILES string of the molecule is Cc1c[se]c2ccc(N)cc12. The molecule has 2 N–H and O–H groups in total. The summed E-state index contributed by atoms with van der Waals surface area (Å²) in [6.45, 7) is 2.15. The fourth-order valence-electron chi connectivity index (χ4n) is 1.17. The Kier molecular flexibility index (Phi) is 1.52. The Morgan fingerprint density at radius 3 is 3.00 bits per heavy atom. The third kappa shape index (κ3) is 1.09. The van der Waals surface area contributed by atoms with Gasteiger partial charge in [0.05, 0.1) is 0 Å². The first-order valence-corrected chi connectivity index (χ1v) is 5.35. The zero-order valence-corrected chi connectivity index (χ0v) is 8.01. The molecule has 0 bridgehead atoms. The third-order valence-corrected chi connectivity index (χ3v) is 4.06. The van der Waals surface area contributed by atoms with E-state index in [0.29, 0.717) is 14.5 Å². The van der Waals surface area contributed by atoms with Crippen molar-refractivity contribution in [3.8, 4) is 0 Å². The zero-order chi connectivity index (χ0) is 7.84. The number of hydrogen-bond donors (Lipinski definition) is 1. The normalized spacial score (nSPS) is 10.6. The van der Waals surface area contributed by atoms with E-state index in [2.05, 4.69) is 24.0 Å². The maximum absolute atomic E-state index is 5.67. The molecule has 2 heteroatoms. The van der Waals surface area contributed by atoms with Gasteiger partial charge in [0.2, 0.25) is 0 Å². The molecule has 2 rings (SSSR count). The summed E-state index contributed by atoms with van der Waals surface area (Å²) in [6.07, 6.45) is 0.